The minimum absolute atomic E-state index is 0.0323. The molecule has 202 valence electrons. The van der Waals surface area contributed by atoms with Crippen molar-refractivity contribution in [1.29, 1.82) is 0 Å². The lowest BCUT2D eigenvalue weighted by Gasteiger charge is -2.62. The standard InChI is InChI=1S/C30H35FN2O5/c1-27-10-8-20-24(35)30(31)25(36)23(34)21(33(2)3)15-28(30)11-12-29(20,38-28)22(27)7-6-19(27)17-5-4-16-9-13-32-26(37)18(16)14-17/h4-6,8-9,13-14,21-25,34-36H,7,10-12,15H2,1-3H3,(H,32,37). The van der Waals surface area contributed by atoms with E-state index in [9.17, 15) is 20.1 Å². The summed E-state index contributed by atoms with van der Waals surface area (Å²) in [6, 6.07) is 7.36. The monoisotopic (exact) mass is 522 g/mol. The van der Waals surface area contributed by atoms with Crippen LogP contribution in [0.1, 0.15) is 44.6 Å². The van der Waals surface area contributed by atoms with Crippen LogP contribution in [0.4, 0.5) is 4.39 Å². The summed E-state index contributed by atoms with van der Waals surface area (Å²) in [5, 5.41) is 35.1. The first-order chi connectivity index (χ1) is 18.0. The number of fused-ring (bicyclic) bond motifs is 2. The number of H-pyrrole nitrogens is 1. The van der Waals surface area contributed by atoms with Crippen LogP contribution in [-0.4, -0.2) is 80.5 Å². The highest BCUT2D eigenvalue weighted by Gasteiger charge is 2.79. The first kappa shape index (κ1) is 24.7. The summed E-state index contributed by atoms with van der Waals surface area (Å²) in [6.45, 7) is 2.21. The first-order valence-corrected chi connectivity index (χ1v) is 13.6. The van der Waals surface area contributed by atoms with Gasteiger partial charge in [-0.25, -0.2) is 4.39 Å². The number of ether oxygens (including phenoxy) is 1. The normalized spacial score (nSPS) is 45.4. The van der Waals surface area contributed by atoms with Gasteiger partial charge in [0.2, 0.25) is 0 Å². The second-order valence-corrected chi connectivity index (χ2v) is 12.6. The molecule has 5 aliphatic rings. The number of aliphatic hydroxyl groups excluding tert-OH is 3. The van der Waals surface area contributed by atoms with Crippen LogP contribution in [0.25, 0.3) is 16.3 Å². The SMILES string of the molecule is CN(C)C1CC23CCC4(O2)C(=CCC2(C)C(c5ccc6cc[nH]c(=O)c6c5)=CCC24)C(O)C3(F)C(O)C1O. The molecule has 9 unspecified atom stereocenters. The Balaban J connectivity index is 1.32. The molecule has 38 heavy (non-hydrogen) atoms. The summed E-state index contributed by atoms with van der Waals surface area (Å²) in [5.74, 6) is -0.0323. The lowest BCUT2D eigenvalue weighted by molar-refractivity contribution is -0.308. The largest absolute Gasteiger partial charge is 0.389 e. The molecule has 3 fully saturated rings. The number of pyridine rings is 1. The number of likely N-dealkylation sites (N-methyl/N-ethyl adjacent to an activating group) is 1. The van der Waals surface area contributed by atoms with Gasteiger partial charge in [-0.3, -0.25) is 4.79 Å². The molecule has 2 aromatic rings. The van der Waals surface area contributed by atoms with E-state index in [4.69, 9.17) is 4.74 Å². The van der Waals surface area contributed by atoms with E-state index in [-0.39, 0.29) is 23.3 Å². The summed E-state index contributed by atoms with van der Waals surface area (Å²) >= 11 is 0. The van der Waals surface area contributed by atoms with Gasteiger partial charge in [-0.15, -0.1) is 0 Å². The van der Waals surface area contributed by atoms with Crippen molar-refractivity contribution in [3.05, 3.63) is 64.1 Å². The third-order valence-electron chi connectivity index (χ3n) is 10.8. The van der Waals surface area contributed by atoms with Crippen LogP contribution in [0.15, 0.2) is 53.0 Å². The predicted octanol–water partition coefficient (Wildman–Crippen LogP) is 2.69. The van der Waals surface area contributed by atoms with E-state index in [0.717, 1.165) is 16.5 Å². The van der Waals surface area contributed by atoms with Crippen LogP contribution in [0.2, 0.25) is 0 Å². The summed E-state index contributed by atoms with van der Waals surface area (Å²) in [6.07, 6.45) is 3.51. The second kappa shape index (κ2) is 7.64. The number of halogens is 1. The van der Waals surface area contributed by atoms with Gasteiger partial charge >= 0.3 is 0 Å². The smallest absolute Gasteiger partial charge is 0.255 e. The number of allylic oxidation sites excluding steroid dienone is 3. The number of hydrogen-bond donors (Lipinski definition) is 4. The number of nitrogens with one attached hydrogen (secondary N) is 1. The van der Waals surface area contributed by atoms with E-state index in [1.54, 1.807) is 25.2 Å². The quantitative estimate of drug-likeness (QED) is 0.452. The third kappa shape index (κ3) is 2.73. The number of hydrogen-bond acceptors (Lipinski definition) is 6. The molecular formula is C30H35FN2O5. The van der Waals surface area contributed by atoms with Crippen molar-refractivity contribution in [1.82, 2.24) is 9.88 Å². The van der Waals surface area contributed by atoms with Gasteiger partial charge < -0.3 is 29.9 Å². The Labute approximate surface area is 220 Å². The van der Waals surface area contributed by atoms with Crippen molar-refractivity contribution in [3.8, 4) is 0 Å². The first-order valence-electron chi connectivity index (χ1n) is 13.6. The Kier molecular flexibility index (Phi) is 4.96. The fourth-order valence-electron chi connectivity index (χ4n) is 8.88. The van der Waals surface area contributed by atoms with Crippen LogP contribution in [-0.2, 0) is 4.74 Å². The van der Waals surface area contributed by atoms with Crippen LogP contribution in [0.5, 0.6) is 0 Å². The molecule has 2 aliphatic heterocycles. The number of aromatic nitrogens is 1. The summed E-state index contributed by atoms with van der Waals surface area (Å²) in [4.78, 5) is 17.1. The van der Waals surface area contributed by atoms with Gasteiger partial charge in [-0.2, -0.15) is 0 Å². The molecule has 3 aliphatic carbocycles. The molecule has 2 saturated heterocycles. The molecule has 2 bridgehead atoms. The molecule has 7 rings (SSSR count). The fraction of sp³-hybridized carbons (Fsp3) is 0.567. The van der Waals surface area contributed by atoms with Crippen LogP contribution in [0, 0.1) is 11.3 Å². The topological polar surface area (TPSA) is 106 Å². The molecule has 1 aromatic heterocycles. The number of aromatic amines is 1. The minimum Gasteiger partial charge on any atom is -0.389 e. The highest BCUT2D eigenvalue weighted by molar-refractivity contribution is 5.87. The maximum atomic E-state index is 17.0. The highest BCUT2D eigenvalue weighted by Crippen LogP contribution is 2.70. The van der Waals surface area contributed by atoms with E-state index in [0.29, 0.717) is 36.6 Å². The lowest BCUT2D eigenvalue weighted by Crippen LogP contribution is -2.78. The van der Waals surface area contributed by atoms with E-state index >= 15 is 4.39 Å². The second-order valence-electron chi connectivity index (χ2n) is 12.6. The maximum absolute atomic E-state index is 17.0. The van der Waals surface area contributed by atoms with E-state index in [2.05, 4.69) is 24.1 Å². The molecule has 4 N–H and O–H groups in total. The number of rotatable bonds is 2. The number of nitrogens with zero attached hydrogens (tertiary/aromatic N) is 1. The predicted molar refractivity (Wildman–Crippen MR) is 141 cm³/mol. The molecule has 7 nitrogen and oxygen atoms in total. The van der Waals surface area contributed by atoms with Crippen molar-refractivity contribution in [3.63, 3.8) is 0 Å². The lowest BCUT2D eigenvalue weighted by atomic mass is 9.55. The zero-order chi connectivity index (χ0) is 26.8. The Hall–Kier alpha value is -2.36. The zero-order valence-corrected chi connectivity index (χ0v) is 21.9. The van der Waals surface area contributed by atoms with Crippen molar-refractivity contribution in [2.45, 2.75) is 80.3 Å². The van der Waals surface area contributed by atoms with Crippen molar-refractivity contribution < 1.29 is 24.4 Å². The summed E-state index contributed by atoms with van der Waals surface area (Å²) in [5.41, 5.74) is -2.57. The average molecular weight is 523 g/mol. The van der Waals surface area contributed by atoms with Gasteiger partial charge in [0.05, 0.1) is 11.7 Å². The highest BCUT2D eigenvalue weighted by atomic mass is 19.1. The van der Waals surface area contributed by atoms with E-state index in [1.165, 1.54) is 0 Å². The van der Waals surface area contributed by atoms with Gasteiger partial charge in [-0.05, 0) is 80.4 Å². The van der Waals surface area contributed by atoms with Gasteiger partial charge in [0.25, 0.3) is 5.56 Å². The number of alkyl halides is 1. The van der Waals surface area contributed by atoms with Crippen molar-refractivity contribution in [2.24, 2.45) is 11.3 Å². The Morgan fingerprint density at radius 1 is 1.13 bits per heavy atom. The molecular weight excluding hydrogens is 487 g/mol. The minimum atomic E-state index is -2.49. The van der Waals surface area contributed by atoms with Crippen molar-refractivity contribution >= 4 is 16.3 Å². The van der Waals surface area contributed by atoms with E-state index < -0.39 is 41.2 Å². The maximum Gasteiger partial charge on any atom is 0.255 e. The van der Waals surface area contributed by atoms with Gasteiger partial charge in [-0.1, -0.05) is 31.2 Å². The summed E-state index contributed by atoms with van der Waals surface area (Å²) in [7, 11) is 3.61. The molecule has 9 atom stereocenters. The van der Waals surface area contributed by atoms with Gasteiger partial charge in [0, 0.05) is 29.0 Å². The number of aliphatic hydroxyl groups is 3. The zero-order valence-electron chi connectivity index (χ0n) is 21.9. The molecule has 0 radical (unpaired) electrons. The molecule has 1 aromatic carbocycles. The molecule has 0 amide bonds. The van der Waals surface area contributed by atoms with E-state index in [1.807, 2.05) is 24.3 Å². The van der Waals surface area contributed by atoms with Crippen LogP contribution >= 0.6 is 0 Å². The molecule has 2 spiro atoms. The molecule has 3 heterocycles. The van der Waals surface area contributed by atoms with Gasteiger partial charge in [0.1, 0.15) is 17.8 Å². The van der Waals surface area contributed by atoms with Gasteiger partial charge in [0.15, 0.2) is 5.67 Å². The molecule has 8 heteroatoms. The number of benzene rings is 1. The van der Waals surface area contributed by atoms with Crippen LogP contribution in [0.3, 0.4) is 0 Å². The van der Waals surface area contributed by atoms with Crippen molar-refractivity contribution in [2.75, 3.05) is 14.1 Å². The Bertz CT molecular complexity index is 1470. The van der Waals surface area contributed by atoms with Crippen LogP contribution < -0.4 is 5.56 Å². The Morgan fingerprint density at radius 2 is 1.92 bits per heavy atom. The third-order valence-corrected chi connectivity index (χ3v) is 10.8. The molecule has 1 saturated carbocycles. The average Bonchev–Trinajstić information content (AvgIpc) is 3.43. The fourth-order valence-corrected chi connectivity index (χ4v) is 8.88. The summed E-state index contributed by atoms with van der Waals surface area (Å²) < 4.78 is 23.9. The Morgan fingerprint density at radius 3 is 2.68 bits per heavy atom.